The molecule has 3 nitrogen and oxygen atoms in total. The summed E-state index contributed by atoms with van der Waals surface area (Å²) >= 11 is 1.57. The van der Waals surface area contributed by atoms with Crippen LogP contribution >= 0.6 is 11.3 Å². The lowest BCUT2D eigenvalue weighted by Crippen LogP contribution is -2.14. The van der Waals surface area contributed by atoms with Gasteiger partial charge in [0.05, 0.1) is 10.2 Å². The van der Waals surface area contributed by atoms with Gasteiger partial charge in [0.1, 0.15) is 0 Å². The summed E-state index contributed by atoms with van der Waals surface area (Å²) in [6.07, 6.45) is 0. The molecule has 0 aliphatic carbocycles. The van der Waals surface area contributed by atoms with Crippen LogP contribution in [0, 0.1) is 6.92 Å². The molecular weight excluding hydrogens is 220 g/mol. The van der Waals surface area contributed by atoms with Gasteiger partial charge in [0.2, 0.25) is 5.91 Å². The minimum atomic E-state index is -0.148. The van der Waals surface area contributed by atoms with E-state index in [1.54, 1.807) is 11.3 Å². The number of carbonyl (C=O) groups is 1. The Balaban J connectivity index is 2.81. The molecule has 0 fully saturated rings. The highest BCUT2D eigenvalue weighted by atomic mass is 32.1. The first kappa shape index (κ1) is 11.1. The van der Waals surface area contributed by atoms with E-state index in [1.165, 1.54) is 17.2 Å². The quantitative estimate of drug-likeness (QED) is 0.746. The molecule has 84 valence electrons. The second kappa shape index (κ2) is 4.22. The number of rotatable bonds is 1. The standard InChI is InChI=1S/C12H14N2OS/c1-4-14-10-6-5-8(2)7-11(10)16-12(14)13-9(3)15/h5-7H,4H2,1-3H3. The molecule has 0 N–H and O–H groups in total. The van der Waals surface area contributed by atoms with E-state index in [-0.39, 0.29) is 5.91 Å². The molecule has 0 spiro atoms. The fourth-order valence-corrected chi connectivity index (χ4v) is 2.94. The number of aryl methyl sites for hydroxylation is 2. The molecule has 1 aromatic carbocycles. The lowest BCUT2D eigenvalue weighted by molar-refractivity contribution is -0.116. The number of nitrogens with zero attached hydrogens (tertiary/aromatic N) is 2. The van der Waals surface area contributed by atoms with Crippen LogP contribution in [-0.2, 0) is 11.3 Å². The Morgan fingerprint density at radius 3 is 2.88 bits per heavy atom. The van der Waals surface area contributed by atoms with E-state index >= 15 is 0 Å². The van der Waals surface area contributed by atoms with Crippen LogP contribution in [0.15, 0.2) is 23.2 Å². The molecule has 0 aliphatic heterocycles. The Hall–Kier alpha value is -1.42. The molecule has 0 radical (unpaired) electrons. The van der Waals surface area contributed by atoms with Crippen LogP contribution < -0.4 is 4.80 Å². The first-order valence-corrected chi connectivity index (χ1v) is 6.08. The smallest absolute Gasteiger partial charge is 0.245 e. The Morgan fingerprint density at radius 2 is 2.25 bits per heavy atom. The molecule has 0 bridgehead atoms. The highest BCUT2D eigenvalue weighted by molar-refractivity contribution is 7.16. The molecule has 0 unspecified atom stereocenters. The monoisotopic (exact) mass is 234 g/mol. The summed E-state index contributed by atoms with van der Waals surface area (Å²) < 4.78 is 3.25. The molecule has 1 heterocycles. The molecule has 0 aliphatic rings. The zero-order valence-electron chi connectivity index (χ0n) is 9.65. The van der Waals surface area contributed by atoms with Gasteiger partial charge in [-0.15, -0.1) is 0 Å². The minimum Gasteiger partial charge on any atom is -0.317 e. The zero-order chi connectivity index (χ0) is 11.7. The van der Waals surface area contributed by atoms with Crippen LogP contribution in [0.3, 0.4) is 0 Å². The third kappa shape index (κ3) is 1.93. The van der Waals surface area contributed by atoms with Crippen molar-refractivity contribution in [1.82, 2.24) is 4.57 Å². The highest BCUT2D eigenvalue weighted by Crippen LogP contribution is 2.18. The summed E-state index contributed by atoms with van der Waals surface area (Å²) in [5.41, 5.74) is 2.38. The van der Waals surface area contributed by atoms with Gasteiger partial charge in [-0.25, -0.2) is 0 Å². The van der Waals surface area contributed by atoms with Gasteiger partial charge in [-0.2, -0.15) is 4.99 Å². The number of thiazole rings is 1. The maximum atomic E-state index is 11.1. The molecule has 16 heavy (non-hydrogen) atoms. The maximum absolute atomic E-state index is 11.1. The van der Waals surface area contributed by atoms with E-state index in [9.17, 15) is 4.79 Å². The zero-order valence-corrected chi connectivity index (χ0v) is 10.5. The summed E-state index contributed by atoms with van der Waals surface area (Å²) in [6.45, 7) is 6.44. The normalized spacial score (nSPS) is 12.3. The van der Waals surface area contributed by atoms with Crippen LogP contribution in [0.5, 0.6) is 0 Å². The van der Waals surface area contributed by atoms with E-state index in [4.69, 9.17) is 0 Å². The number of amides is 1. The van der Waals surface area contributed by atoms with E-state index in [0.717, 1.165) is 16.9 Å². The predicted octanol–water partition coefficient (Wildman–Crippen LogP) is 2.48. The largest absolute Gasteiger partial charge is 0.317 e. The summed E-state index contributed by atoms with van der Waals surface area (Å²) in [5, 5.41) is 0. The topological polar surface area (TPSA) is 34.4 Å². The number of benzene rings is 1. The molecule has 0 saturated heterocycles. The summed E-state index contributed by atoms with van der Waals surface area (Å²) in [6, 6.07) is 6.30. The third-order valence-corrected chi connectivity index (χ3v) is 3.45. The molecule has 2 rings (SSSR count). The molecule has 4 heteroatoms. The van der Waals surface area contributed by atoms with Gasteiger partial charge < -0.3 is 4.57 Å². The summed E-state index contributed by atoms with van der Waals surface area (Å²) in [4.78, 5) is 15.9. The number of hydrogen-bond acceptors (Lipinski definition) is 2. The third-order valence-electron chi connectivity index (χ3n) is 2.41. The van der Waals surface area contributed by atoms with Gasteiger partial charge in [0.25, 0.3) is 0 Å². The van der Waals surface area contributed by atoms with Gasteiger partial charge in [-0.3, -0.25) is 4.79 Å². The van der Waals surface area contributed by atoms with Gasteiger partial charge in [-0.05, 0) is 31.5 Å². The van der Waals surface area contributed by atoms with Crippen LogP contribution in [0.1, 0.15) is 19.4 Å². The first-order chi connectivity index (χ1) is 7.61. The van der Waals surface area contributed by atoms with Crippen LogP contribution in [0.2, 0.25) is 0 Å². The fraction of sp³-hybridized carbons (Fsp3) is 0.333. The van der Waals surface area contributed by atoms with Gasteiger partial charge in [0, 0.05) is 13.5 Å². The van der Waals surface area contributed by atoms with Crippen LogP contribution in [-0.4, -0.2) is 10.5 Å². The number of carbonyl (C=O) groups excluding carboxylic acids is 1. The van der Waals surface area contributed by atoms with Crippen molar-refractivity contribution in [2.75, 3.05) is 0 Å². The van der Waals surface area contributed by atoms with Crippen molar-refractivity contribution < 1.29 is 4.79 Å². The number of aromatic nitrogens is 1. The first-order valence-electron chi connectivity index (χ1n) is 5.27. The second-order valence-electron chi connectivity index (χ2n) is 3.73. The number of hydrogen-bond donors (Lipinski definition) is 0. The Labute approximate surface area is 98.1 Å². The molecule has 2 aromatic rings. The van der Waals surface area contributed by atoms with Crippen molar-refractivity contribution in [3.05, 3.63) is 28.6 Å². The van der Waals surface area contributed by atoms with E-state index in [0.29, 0.717) is 0 Å². The molecular formula is C12H14N2OS. The Morgan fingerprint density at radius 1 is 1.50 bits per heavy atom. The maximum Gasteiger partial charge on any atom is 0.245 e. The van der Waals surface area contributed by atoms with Gasteiger partial charge in [-0.1, -0.05) is 17.4 Å². The lowest BCUT2D eigenvalue weighted by Gasteiger charge is -1.99. The van der Waals surface area contributed by atoms with Crippen molar-refractivity contribution in [1.29, 1.82) is 0 Å². The summed E-state index contributed by atoms with van der Waals surface area (Å²) in [7, 11) is 0. The molecule has 1 amide bonds. The molecule has 0 saturated carbocycles. The minimum absolute atomic E-state index is 0.148. The van der Waals surface area contributed by atoms with E-state index < -0.39 is 0 Å². The Kier molecular flexibility index (Phi) is 2.92. The average Bonchev–Trinajstić information content (AvgIpc) is 2.52. The second-order valence-corrected chi connectivity index (χ2v) is 4.74. The average molecular weight is 234 g/mol. The van der Waals surface area contributed by atoms with Crippen molar-refractivity contribution in [3.63, 3.8) is 0 Å². The van der Waals surface area contributed by atoms with Crippen LogP contribution in [0.25, 0.3) is 10.2 Å². The van der Waals surface area contributed by atoms with Crippen molar-refractivity contribution in [2.24, 2.45) is 4.99 Å². The lowest BCUT2D eigenvalue weighted by atomic mass is 10.2. The van der Waals surface area contributed by atoms with Gasteiger partial charge >= 0.3 is 0 Å². The van der Waals surface area contributed by atoms with Crippen LogP contribution in [0.4, 0.5) is 0 Å². The highest BCUT2D eigenvalue weighted by Gasteiger charge is 2.04. The predicted molar refractivity (Wildman–Crippen MR) is 66.5 cm³/mol. The van der Waals surface area contributed by atoms with Crippen molar-refractivity contribution >= 4 is 27.5 Å². The molecule has 1 aromatic heterocycles. The Bertz CT molecular complexity index is 607. The summed E-state index contributed by atoms with van der Waals surface area (Å²) in [5.74, 6) is -0.148. The number of fused-ring (bicyclic) bond motifs is 1. The van der Waals surface area contributed by atoms with E-state index in [1.807, 2.05) is 0 Å². The molecule has 0 atom stereocenters. The van der Waals surface area contributed by atoms with E-state index in [2.05, 4.69) is 41.6 Å². The van der Waals surface area contributed by atoms with Crippen molar-refractivity contribution in [3.8, 4) is 0 Å². The van der Waals surface area contributed by atoms with Gasteiger partial charge in [0.15, 0.2) is 4.80 Å². The fourth-order valence-electron chi connectivity index (χ4n) is 1.71. The van der Waals surface area contributed by atoms with Crippen molar-refractivity contribution in [2.45, 2.75) is 27.3 Å². The SMILES string of the molecule is CCn1c(=NC(C)=O)sc2cc(C)ccc21.